The van der Waals surface area contributed by atoms with E-state index in [9.17, 15) is 4.39 Å². The van der Waals surface area contributed by atoms with Crippen LogP contribution in [0.25, 0.3) is 5.69 Å². The van der Waals surface area contributed by atoms with Gasteiger partial charge in [-0.1, -0.05) is 6.92 Å². The SMILES string of the molecule is CCCNCc1cc(F)ccc1-n1cncn1. The first-order valence-electron chi connectivity index (χ1n) is 5.65. The minimum atomic E-state index is -0.234. The van der Waals surface area contributed by atoms with Crippen molar-refractivity contribution in [1.82, 2.24) is 20.1 Å². The highest BCUT2D eigenvalue weighted by Crippen LogP contribution is 2.14. The molecule has 4 nitrogen and oxygen atoms in total. The number of rotatable bonds is 5. The van der Waals surface area contributed by atoms with Crippen LogP contribution >= 0.6 is 0 Å². The fourth-order valence-electron chi connectivity index (χ4n) is 1.65. The summed E-state index contributed by atoms with van der Waals surface area (Å²) in [5.41, 5.74) is 1.73. The Bertz CT molecular complexity index is 467. The van der Waals surface area contributed by atoms with Gasteiger partial charge < -0.3 is 5.32 Å². The summed E-state index contributed by atoms with van der Waals surface area (Å²) in [4.78, 5) is 3.90. The second-order valence-electron chi connectivity index (χ2n) is 3.79. The van der Waals surface area contributed by atoms with Gasteiger partial charge >= 0.3 is 0 Å². The zero-order valence-electron chi connectivity index (χ0n) is 9.73. The van der Waals surface area contributed by atoms with E-state index in [-0.39, 0.29) is 5.82 Å². The van der Waals surface area contributed by atoms with Gasteiger partial charge in [-0.05, 0) is 36.7 Å². The first-order valence-corrected chi connectivity index (χ1v) is 5.65. The average molecular weight is 234 g/mol. The quantitative estimate of drug-likeness (QED) is 0.803. The Kier molecular flexibility index (Phi) is 3.82. The maximum Gasteiger partial charge on any atom is 0.138 e. The molecule has 1 heterocycles. The Morgan fingerprint density at radius 1 is 1.41 bits per heavy atom. The van der Waals surface area contributed by atoms with Crippen LogP contribution in [0.3, 0.4) is 0 Å². The molecule has 2 rings (SSSR count). The van der Waals surface area contributed by atoms with Crippen molar-refractivity contribution in [2.45, 2.75) is 19.9 Å². The van der Waals surface area contributed by atoms with Gasteiger partial charge in [-0.2, -0.15) is 5.10 Å². The van der Waals surface area contributed by atoms with E-state index in [0.29, 0.717) is 6.54 Å². The molecule has 0 saturated heterocycles. The molecule has 0 fully saturated rings. The van der Waals surface area contributed by atoms with Gasteiger partial charge in [-0.25, -0.2) is 14.1 Å². The lowest BCUT2D eigenvalue weighted by Gasteiger charge is -2.10. The fourth-order valence-corrected chi connectivity index (χ4v) is 1.65. The molecule has 1 aromatic carbocycles. The molecule has 0 aliphatic rings. The smallest absolute Gasteiger partial charge is 0.138 e. The molecule has 1 N–H and O–H groups in total. The molecule has 17 heavy (non-hydrogen) atoms. The normalized spacial score (nSPS) is 10.7. The van der Waals surface area contributed by atoms with Gasteiger partial charge in [0.25, 0.3) is 0 Å². The van der Waals surface area contributed by atoms with Crippen molar-refractivity contribution in [3.63, 3.8) is 0 Å². The van der Waals surface area contributed by atoms with Crippen LogP contribution in [0.15, 0.2) is 30.9 Å². The van der Waals surface area contributed by atoms with Gasteiger partial charge in [0.2, 0.25) is 0 Å². The van der Waals surface area contributed by atoms with Gasteiger partial charge in [-0.15, -0.1) is 0 Å². The Balaban J connectivity index is 2.25. The van der Waals surface area contributed by atoms with Crippen LogP contribution in [0.1, 0.15) is 18.9 Å². The van der Waals surface area contributed by atoms with E-state index in [1.54, 1.807) is 17.1 Å². The number of nitrogens with one attached hydrogen (secondary N) is 1. The molecule has 1 aromatic heterocycles. The first kappa shape index (κ1) is 11.7. The molecule has 5 heteroatoms. The summed E-state index contributed by atoms with van der Waals surface area (Å²) in [7, 11) is 0. The summed E-state index contributed by atoms with van der Waals surface area (Å²) in [6, 6.07) is 4.67. The highest BCUT2D eigenvalue weighted by Gasteiger charge is 2.06. The van der Waals surface area contributed by atoms with Crippen LogP contribution in [-0.4, -0.2) is 21.3 Å². The molecule has 0 bridgehead atoms. The van der Waals surface area contributed by atoms with Gasteiger partial charge in [0.05, 0.1) is 5.69 Å². The Hall–Kier alpha value is -1.75. The topological polar surface area (TPSA) is 42.7 Å². The molecule has 0 spiro atoms. The number of benzene rings is 1. The number of hydrogen-bond acceptors (Lipinski definition) is 3. The van der Waals surface area contributed by atoms with Crippen molar-refractivity contribution < 1.29 is 4.39 Å². The Labute approximate surface area is 99.5 Å². The summed E-state index contributed by atoms with van der Waals surface area (Å²) in [5, 5.41) is 7.31. The molecule has 0 atom stereocenters. The minimum Gasteiger partial charge on any atom is -0.313 e. The van der Waals surface area contributed by atoms with Crippen LogP contribution < -0.4 is 5.32 Å². The van der Waals surface area contributed by atoms with E-state index in [1.807, 2.05) is 0 Å². The van der Waals surface area contributed by atoms with E-state index in [0.717, 1.165) is 24.2 Å². The van der Waals surface area contributed by atoms with Crippen molar-refractivity contribution in [2.75, 3.05) is 6.54 Å². The second-order valence-corrected chi connectivity index (χ2v) is 3.79. The highest BCUT2D eigenvalue weighted by atomic mass is 19.1. The summed E-state index contributed by atoms with van der Waals surface area (Å²) < 4.78 is 14.9. The van der Waals surface area contributed by atoms with Gasteiger partial charge in [0.1, 0.15) is 18.5 Å². The molecule has 0 amide bonds. The van der Waals surface area contributed by atoms with Crippen LogP contribution in [-0.2, 0) is 6.54 Å². The fraction of sp³-hybridized carbons (Fsp3) is 0.333. The van der Waals surface area contributed by atoms with Crippen molar-refractivity contribution >= 4 is 0 Å². The third-order valence-corrected chi connectivity index (χ3v) is 2.45. The third-order valence-electron chi connectivity index (χ3n) is 2.45. The lowest BCUT2D eigenvalue weighted by atomic mass is 10.1. The van der Waals surface area contributed by atoms with Crippen LogP contribution in [0.4, 0.5) is 4.39 Å². The monoisotopic (exact) mass is 234 g/mol. The van der Waals surface area contributed by atoms with E-state index in [4.69, 9.17) is 0 Å². The minimum absolute atomic E-state index is 0.234. The van der Waals surface area contributed by atoms with Crippen LogP contribution in [0, 0.1) is 5.82 Å². The maximum atomic E-state index is 13.2. The van der Waals surface area contributed by atoms with Crippen LogP contribution in [0.2, 0.25) is 0 Å². The van der Waals surface area contributed by atoms with E-state index >= 15 is 0 Å². The third kappa shape index (κ3) is 2.88. The van der Waals surface area contributed by atoms with Gasteiger partial charge in [0.15, 0.2) is 0 Å². The molecular formula is C12H15FN4. The first-order chi connectivity index (χ1) is 8.31. The summed E-state index contributed by atoms with van der Waals surface area (Å²) in [5.74, 6) is -0.234. The Morgan fingerprint density at radius 3 is 3.00 bits per heavy atom. The molecule has 0 aliphatic heterocycles. The molecule has 0 unspecified atom stereocenters. The van der Waals surface area contributed by atoms with Crippen molar-refractivity contribution in [1.29, 1.82) is 0 Å². The molecule has 0 radical (unpaired) electrons. The largest absolute Gasteiger partial charge is 0.313 e. The summed E-state index contributed by atoms with van der Waals surface area (Å²) >= 11 is 0. The maximum absolute atomic E-state index is 13.2. The second kappa shape index (κ2) is 5.54. The molecule has 2 aromatic rings. The zero-order valence-corrected chi connectivity index (χ0v) is 9.73. The standard InChI is InChI=1S/C12H15FN4/c1-2-5-14-7-10-6-11(13)3-4-12(10)17-9-15-8-16-17/h3-4,6,8-9,14H,2,5,7H2,1H3. The highest BCUT2D eigenvalue weighted by molar-refractivity contribution is 5.40. The van der Waals surface area contributed by atoms with E-state index < -0.39 is 0 Å². The van der Waals surface area contributed by atoms with Gasteiger partial charge in [0, 0.05) is 6.54 Å². The number of nitrogens with zero attached hydrogens (tertiary/aromatic N) is 3. The molecule has 0 saturated carbocycles. The number of hydrogen-bond donors (Lipinski definition) is 1. The van der Waals surface area contributed by atoms with Crippen molar-refractivity contribution in [2.24, 2.45) is 0 Å². The summed E-state index contributed by atoms with van der Waals surface area (Å²) in [6.07, 6.45) is 4.12. The lowest BCUT2D eigenvalue weighted by molar-refractivity contribution is 0.616. The molecule has 90 valence electrons. The summed E-state index contributed by atoms with van der Waals surface area (Å²) in [6.45, 7) is 3.63. The lowest BCUT2D eigenvalue weighted by Crippen LogP contribution is -2.16. The van der Waals surface area contributed by atoms with E-state index in [2.05, 4.69) is 22.3 Å². The van der Waals surface area contributed by atoms with Gasteiger partial charge in [-0.3, -0.25) is 0 Å². The average Bonchev–Trinajstić information content (AvgIpc) is 2.83. The molecule has 0 aliphatic carbocycles. The van der Waals surface area contributed by atoms with Crippen LogP contribution in [0.5, 0.6) is 0 Å². The van der Waals surface area contributed by atoms with Crippen molar-refractivity contribution in [3.05, 3.63) is 42.2 Å². The zero-order chi connectivity index (χ0) is 12.1. The predicted octanol–water partition coefficient (Wildman–Crippen LogP) is 1.91. The van der Waals surface area contributed by atoms with Crippen molar-refractivity contribution in [3.8, 4) is 5.69 Å². The number of halogens is 1. The van der Waals surface area contributed by atoms with E-state index in [1.165, 1.54) is 18.5 Å². The predicted molar refractivity (Wildman–Crippen MR) is 63.3 cm³/mol. The number of aromatic nitrogens is 3. The Morgan fingerprint density at radius 2 is 2.29 bits per heavy atom. The molecular weight excluding hydrogens is 219 g/mol.